The molecule has 0 nitrogen and oxygen atoms in total. The van der Waals surface area contributed by atoms with E-state index in [0.29, 0.717) is 17.8 Å². The molecule has 104 valence electrons. The Morgan fingerprint density at radius 3 is 2.30 bits per heavy atom. The summed E-state index contributed by atoms with van der Waals surface area (Å²) in [6.45, 7) is 9.40. The summed E-state index contributed by atoms with van der Waals surface area (Å²) in [7, 11) is 0. The van der Waals surface area contributed by atoms with Crippen LogP contribution < -0.4 is 0 Å². The molecule has 3 rings (SSSR count). The SMILES string of the molecule is CC(C)C1=CC(C(C)(C)C2C=CC=C2)c2ccccc21. The zero-order valence-electron chi connectivity index (χ0n) is 12.9. The van der Waals surface area contributed by atoms with Crippen LogP contribution in [0.2, 0.25) is 0 Å². The van der Waals surface area contributed by atoms with Crippen molar-refractivity contribution in [3.63, 3.8) is 0 Å². The Kier molecular flexibility index (Phi) is 3.20. The van der Waals surface area contributed by atoms with Crippen LogP contribution in [0.25, 0.3) is 5.57 Å². The molecule has 0 aliphatic heterocycles. The van der Waals surface area contributed by atoms with Crippen LogP contribution in [-0.2, 0) is 0 Å². The van der Waals surface area contributed by atoms with Gasteiger partial charge in [-0.2, -0.15) is 0 Å². The number of allylic oxidation sites excluding steroid dienone is 6. The molecule has 2 aliphatic carbocycles. The fourth-order valence-corrected chi connectivity index (χ4v) is 3.64. The summed E-state index contributed by atoms with van der Waals surface area (Å²) in [5, 5.41) is 0. The first-order valence-corrected chi connectivity index (χ1v) is 7.68. The fourth-order valence-electron chi connectivity index (χ4n) is 3.64. The van der Waals surface area contributed by atoms with Gasteiger partial charge < -0.3 is 0 Å². The van der Waals surface area contributed by atoms with Gasteiger partial charge in [-0.3, -0.25) is 0 Å². The second-order valence-corrected chi connectivity index (χ2v) is 6.96. The molecule has 0 heterocycles. The highest BCUT2D eigenvalue weighted by atomic mass is 14.4. The van der Waals surface area contributed by atoms with Gasteiger partial charge in [0.1, 0.15) is 0 Å². The lowest BCUT2D eigenvalue weighted by Gasteiger charge is -2.35. The number of hydrogen-bond acceptors (Lipinski definition) is 0. The maximum Gasteiger partial charge on any atom is 0.00899 e. The number of rotatable bonds is 3. The molecule has 1 unspecified atom stereocenters. The lowest BCUT2D eigenvalue weighted by molar-refractivity contribution is 0.272. The minimum Gasteiger partial charge on any atom is -0.0771 e. The Bertz CT molecular complexity index is 584. The zero-order chi connectivity index (χ0) is 14.3. The Labute approximate surface area is 122 Å². The molecule has 20 heavy (non-hydrogen) atoms. The van der Waals surface area contributed by atoms with E-state index >= 15 is 0 Å². The highest BCUT2D eigenvalue weighted by Gasteiger charge is 2.39. The van der Waals surface area contributed by atoms with Crippen molar-refractivity contribution in [2.45, 2.75) is 33.6 Å². The Morgan fingerprint density at radius 2 is 1.65 bits per heavy atom. The molecule has 0 saturated heterocycles. The van der Waals surface area contributed by atoms with E-state index in [4.69, 9.17) is 0 Å². The van der Waals surface area contributed by atoms with Gasteiger partial charge >= 0.3 is 0 Å². The molecule has 0 amide bonds. The average molecular weight is 264 g/mol. The van der Waals surface area contributed by atoms with Crippen LogP contribution in [0.3, 0.4) is 0 Å². The summed E-state index contributed by atoms with van der Waals surface area (Å²) < 4.78 is 0. The van der Waals surface area contributed by atoms with Crippen molar-refractivity contribution in [2.24, 2.45) is 17.3 Å². The maximum atomic E-state index is 2.52. The van der Waals surface area contributed by atoms with Crippen molar-refractivity contribution >= 4 is 5.57 Å². The second-order valence-electron chi connectivity index (χ2n) is 6.96. The maximum absolute atomic E-state index is 2.52. The van der Waals surface area contributed by atoms with Gasteiger partial charge in [0.2, 0.25) is 0 Å². The van der Waals surface area contributed by atoms with Crippen molar-refractivity contribution in [3.8, 4) is 0 Å². The molecule has 2 aliphatic rings. The lowest BCUT2D eigenvalue weighted by atomic mass is 9.68. The Balaban J connectivity index is 2.06. The third kappa shape index (κ3) is 1.98. The summed E-state index contributed by atoms with van der Waals surface area (Å²) in [6, 6.07) is 8.95. The quantitative estimate of drug-likeness (QED) is 0.667. The molecule has 0 bridgehead atoms. The Hall–Kier alpha value is -1.56. The van der Waals surface area contributed by atoms with Crippen LogP contribution in [0.4, 0.5) is 0 Å². The molecule has 0 heteroatoms. The summed E-state index contributed by atoms with van der Waals surface area (Å²) in [6.07, 6.45) is 11.6. The van der Waals surface area contributed by atoms with Gasteiger partial charge in [0.05, 0.1) is 0 Å². The molecule has 0 radical (unpaired) electrons. The molecule has 0 N–H and O–H groups in total. The number of hydrogen-bond donors (Lipinski definition) is 0. The largest absolute Gasteiger partial charge is 0.0771 e. The standard InChI is InChI=1S/C20H24/c1-14(2)18-13-19(17-12-8-7-11-16(17)18)20(3,4)15-9-5-6-10-15/h5-15,19H,1-4H3. The van der Waals surface area contributed by atoms with Crippen LogP contribution in [0.5, 0.6) is 0 Å². The van der Waals surface area contributed by atoms with Gasteiger partial charge in [-0.05, 0) is 28.0 Å². The molecule has 0 aromatic heterocycles. The molecule has 0 fully saturated rings. The number of fused-ring (bicyclic) bond motifs is 1. The minimum atomic E-state index is 0.218. The predicted molar refractivity (Wildman–Crippen MR) is 87.5 cm³/mol. The third-order valence-corrected chi connectivity index (χ3v) is 4.98. The van der Waals surface area contributed by atoms with Gasteiger partial charge in [-0.15, -0.1) is 0 Å². The average Bonchev–Trinajstić information content (AvgIpc) is 3.07. The summed E-state index contributed by atoms with van der Waals surface area (Å²) >= 11 is 0. The van der Waals surface area contributed by atoms with Gasteiger partial charge in [-0.1, -0.05) is 82.3 Å². The van der Waals surface area contributed by atoms with Crippen LogP contribution in [0, 0.1) is 17.3 Å². The highest BCUT2D eigenvalue weighted by Crippen LogP contribution is 2.51. The number of benzene rings is 1. The van der Waals surface area contributed by atoms with Crippen LogP contribution in [0.15, 0.2) is 54.6 Å². The van der Waals surface area contributed by atoms with E-state index in [2.05, 4.69) is 82.3 Å². The van der Waals surface area contributed by atoms with E-state index < -0.39 is 0 Å². The van der Waals surface area contributed by atoms with Crippen LogP contribution >= 0.6 is 0 Å². The third-order valence-electron chi connectivity index (χ3n) is 4.98. The van der Waals surface area contributed by atoms with Crippen molar-refractivity contribution in [1.29, 1.82) is 0 Å². The highest BCUT2D eigenvalue weighted by molar-refractivity contribution is 5.76. The van der Waals surface area contributed by atoms with Gasteiger partial charge in [-0.25, -0.2) is 0 Å². The van der Waals surface area contributed by atoms with E-state index in [1.807, 2.05) is 0 Å². The lowest BCUT2D eigenvalue weighted by Crippen LogP contribution is -2.26. The molecule has 1 aromatic rings. The predicted octanol–water partition coefficient (Wildman–Crippen LogP) is 5.59. The van der Waals surface area contributed by atoms with Crippen molar-refractivity contribution in [1.82, 2.24) is 0 Å². The first-order valence-electron chi connectivity index (χ1n) is 7.68. The topological polar surface area (TPSA) is 0 Å². The van der Waals surface area contributed by atoms with Gasteiger partial charge in [0.15, 0.2) is 0 Å². The minimum absolute atomic E-state index is 0.218. The normalized spacial score (nSPS) is 21.6. The fraction of sp³-hybridized carbons (Fsp3) is 0.400. The molecule has 0 spiro atoms. The molecule has 0 saturated carbocycles. The smallest absolute Gasteiger partial charge is 0.00899 e. The van der Waals surface area contributed by atoms with Crippen molar-refractivity contribution in [3.05, 3.63) is 65.8 Å². The second kappa shape index (κ2) is 4.77. The zero-order valence-corrected chi connectivity index (χ0v) is 12.9. The molecular weight excluding hydrogens is 240 g/mol. The van der Waals surface area contributed by atoms with Gasteiger partial charge in [0.25, 0.3) is 0 Å². The van der Waals surface area contributed by atoms with Crippen molar-refractivity contribution in [2.75, 3.05) is 0 Å². The van der Waals surface area contributed by atoms with E-state index in [0.717, 1.165) is 0 Å². The van der Waals surface area contributed by atoms with Gasteiger partial charge in [0, 0.05) is 11.8 Å². The monoisotopic (exact) mass is 264 g/mol. The van der Waals surface area contributed by atoms with Crippen LogP contribution in [0.1, 0.15) is 44.7 Å². The van der Waals surface area contributed by atoms with Crippen molar-refractivity contribution < 1.29 is 0 Å². The molecule has 1 atom stereocenters. The summed E-state index contributed by atoms with van der Waals surface area (Å²) in [5.41, 5.74) is 4.71. The molecular formula is C20H24. The first kappa shape index (κ1) is 13.4. The summed E-state index contributed by atoms with van der Waals surface area (Å²) in [4.78, 5) is 0. The van der Waals surface area contributed by atoms with E-state index in [9.17, 15) is 0 Å². The van der Waals surface area contributed by atoms with E-state index in [1.165, 1.54) is 16.7 Å². The molecule has 1 aromatic carbocycles. The van der Waals surface area contributed by atoms with Crippen LogP contribution in [-0.4, -0.2) is 0 Å². The summed E-state index contributed by atoms with van der Waals surface area (Å²) in [5.74, 6) is 1.63. The van der Waals surface area contributed by atoms with E-state index in [1.54, 1.807) is 0 Å². The Morgan fingerprint density at radius 1 is 1.00 bits per heavy atom. The van der Waals surface area contributed by atoms with E-state index in [-0.39, 0.29) is 5.41 Å². The first-order chi connectivity index (χ1) is 9.51.